The Morgan fingerprint density at radius 2 is 1.72 bits per heavy atom. The lowest BCUT2D eigenvalue weighted by molar-refractivity contribution is 0.179. The van der Waals surface area contributed by atoms with Crippen LogP contribution >= 0.6 is 0 Å². The van der Waals surface area contributed by atoms with E-state index in [1.165, 1.54) is 0 Å². The summed E-state index contributed by atoms with van der Waals surface area (Å²) in [6.45, 7) is 1.88. The summed E-state index contributed by atoms with van der Waals surface area (Å²) in [6.07, 6.45) is 7.36. The van der Waals surface area contributed by atoms with E-state index in [9.17, 15) is 10.2 Å². The van der Waals surface area contributed by atoms with Crippen LogP contribution in [0, 0.1) is 0 Å². The molecule has 3 atom stereocenters. The first-order chi connectivity index (χ1) is 15.5. The number of hydrogen-bond acceptors (Lipinski definition) is 6. The van der Waals surface area contributed by atoms with Crippen LogP contribution in [0.15, 0.2) is 67.0 Å². The molecule has 0 amide bonds. The molecule has 0 fully saturated rings. The van der Waals surface area contributed by atoms with Crippen LogP contribution in [0.2, 0.25) is 0 Å². The minimum absolute atomic E-state index is 0.0387. The smallest absolute Gasteiger partial charge is 0.137 e. The third kappa shape index (κ3) is 6.27. The molecule has 3 rings (SSSR count). The highest BCUT2D eigenvalue weighted by Crippen LogP contribution is 2.24. The fourth-order valence-corrected chi connectivity index (χ4v) is 3.40. The van der Waals surface area contributed by atoms with Gasteiger partial charge in [0.25, 0.3) is 0 Å². The standard InChI is InChI=1S/C25H31N3O4/c1-18(31)25-27-13-14-28(25)23(12-15-29)9-4-19-2-5-20(6-3-19)21-7-10-24(11-8-21)32-17-22(26)16-30/h2-11,13-14,18,22-23,29-31H,12,15-17,26H2,1H3/b9-4+/t18-,22?,23-/m0/s1. The molecular formula is C25H31N3O4. The first kappa shape index (κ1) is 23.7. The monoisotopic (exact) mass is 437 g/mol. The number of hydrogen-bond donors (Lipinski definition) is 4. The number of benzene rings is 2. The van der Waals surface area contributed by atoms with E-state index in [0.29, 0.717) is 18.0 Å². The van der Waals surface area contributed by atoms with Crippen LogP contribution in [-0.4, -0.2) is 50.7 Å². The molecule has 2 aromatic carbocycles. The molecule has 1 heterocycles. The Kier molecular flexibility index (Phi) is 8.58. The maximum atomic E-state index is 9.92. The van der Waals surface area contributed by atoms with E-state index in [1.807, 2.05) is 59.3 Å². The molecule has 0 aliphatic carbocycles. The lowest BCUT2D eigenvalue weighted by Gasteiger charge is -2.18. The Hall–Kier alpha value is -2.97. The van der Waals surface area contributed by atoms with Crippen molar-refractivity contribution in [2.75, 3.05) is 19.8 Å². The Labute approximate surface area is 188 Å². The van der Waals surface area contributed by atoms with Gasteiger partial charge in [-0.1, -0.05) is 48.6 Å². The zero-order valence-electron chi connectivity index (χ0n) is 18.2. The van der Waals surface area contributed by atoms with Crippen LogP contribution in [0.4, 0.5) is 0 Å². The Morgan fingerprint density at radius 1 is 1.06 bits per heavy atom. The van der Waals surface area contributed by atoms with Crippen LogP contribution in [0.3, 0.4) is 0 Å². The highest BCUT2D eigenvalue weighted by atomic mass is 16.5. The van der Waals surface area contributed by atoms with Crippen LogP contribution in [0.5, 0.6) is 5.75 Å². The SMILES string of the molecule is C[C@H](O)c1nccn1[C@@H](/C=C/c1ccc(-c2ccc(OCC(N)CO)cc2)cc1)CCO. The average molecular weight is 438 g/mol. The van der Waals surface area contributed by atoms with Gasteiger partial charge >= 0.3 is 0 Å². The maximum Gasteiger partial charge on any atom is 0.137 e. The van der Waals surface area contributed by atoms with Gasteiger partial charge in [-0.3, -0.25) is 0 Å². The molecule has 7 nitrogen and oxygen atoms in total. The van der Waals surface area contributed by atoms with E-state index in [0.717, 1.165) is 16.7 Å². The summed E-state index contributed by atoms with van der Waals surface area (Å²) in [5, 5.41) is 28.4. The number of imidazole rings is 1. The van der Waals surface area contributed by atoms with Crippen LogP contribution in [-0.2, 0) is 0 Å². The molecule has 0 spiro atoms. The van der Waals surface area contributed by atoms with Gasteiger partial charge in [0.05, 0.1) is 18.7 Å². The molecule has 170 valence electrons. The van der Waals surface area contributed by atoms with E-state index in [2.05, 4.69) is 17.1 Å². The topological polar surface area (TPSA) is 114 Å². The molecule has 3 aromatic rings. The first-order valence-corrected chi connectivity index (χ1v) is 10.7. The predicted molar refractivity (Wildman–Crippen MR) is 125 cm³/mol. The van der Waals surface area contributed by atoms with Crippen molar-refractivity contribution >= 4 is 6.08 Å². The number of aliphatic hydroxyl groups is 3. The van der Waals surface area contributed by atoms with Crippen molar-refractivity contribution in [3.05, 3.63) is 78.4 Å². The summed E-state index contributed by atoms with van der Waals surface area (Å²) in [7, 11) is 0. The second-order valence-electron chi connectivity index (χ2n) is 7.71. The van der Waals surface area contributed by atoms with Gasteiger partial charge in [0.15, 0.2) is 0 Å². The van der Waals surface area contributed by atoms with Gasteiger partial charge in [0, 0.05) is 19.0 Å². The first-order valence-electron chi connectivity index (χ1n) is 10.7. The Balaban J connectivity index is 1.68. The third-order valence-electron chi connectivity index (χ3n) is 5.16. The molecule has 5 N–H and O–H groups in total. The van der Waals surface area contributed by atoms with Crippen molar-refractivity contribution in [1.29, 1.82) is 0 Å². The quantitative estimate of drug-likeness (QED) is 0.367. The molecule has 1 aromatic heterocycles. The van der Waals surface area contributed by atoms with Crippen molar-refractivity contribution < 1.29 is 20.1 Å². The van der Waals surface area contributed by atoms with Gasteiger partial charge in [-0.2, -0.15) is 0 Å². The van der Waals surface area contributed by atoms with Crippen molar-refractivity contribution in [3.8, 4) is 16.9 Å². The second-order valence-corrected chi connectivity index (χ2v) is 7.71. The third-order valence-corrected chi connectivity index (χ3v) is 5.16. The summed E-state index contributed by atoms with van der Waals surface area (Å²) >= 11 is 0. The van der Waals surface area contributed by atoms with Gasteiger partial charge in [-0.05, 0) is 42.2 Å². The highest BCUT2D eigenvalue weighted by molar-refractivity contribution is 5.66. The molecule has 0 aliphatic rings. The number of allylic oxidation sites excluding steroid dienone is 1. The van der Waals surface area contributed by atoms with Gasteiger partial charge in [0.2, 0.25) is 0 Å². The Bertz CT molecular complexity index is 981. The number of nitrogens with zero attached hydrogens (tertiary/aromatic N) is 2. The van der Waals surface area contributed by atoms with E-state index in [-0.39, 0.29) is 31.9 Å². The minimum Gasteiger partial charge on any atom is -0.492 e. The van der Waals surface area contributed by atoms with Crippen LogP contribution < -0.4 is 10.5 Å². The maximum absolute atomic E-state index is 9.92. The molecule has 32 heavy (non-hydrogen) atoms. The molecule has 0 bridgehead atoms. The molecule has 7 heteroatoms. The van der Waals surface area contributed by atoms with E-state index >= 15 is 0 Å². The van der Waals surface area contributed by atoms with Crippen molar-refractivity contribution in [3.63, 3.8) is 0 Å². The van der Waals surface area contributed by atoms with Crippen molar-refractivity contribution in [2.45, 2.75) is 31.5 Å². The zero-order valence-corrected chi connectivity index (χ0v) is 18.2. The summed E-state index contributed by atoms with van der Waals surface area (Å²) in [5.74, 6) is 1.29. The number of nitrogens with two attached hydrogens (primary N) is 1. The molecule has 0 aliphatic heterocycles. The lowest BCUT2D eigenvalue weighted by Crippen LogP contribution is -2.31. The fourth-order valence-electron chi connectivity index (χ4n) is 3.40. The minimum atomic E-state index is -0.679. The second kappa shape index (κ2) is 11.6. The van der Waals surface area contributed by atoms with E-state index in [4.69, 9.17) is 15.6 Å². The molecule has 0 radical (unpaired) electrons. The number of aliphatic hydroxyl groups excluding tert-OH is 3. The molecule has 0 saturated heterocycles. The predicted octanol–water partition coefficient (Wildman–Crippen LogP) is 2.94. The van der Waals surface area contributed by atoms with E-state index < -0.39 is 6.10 Å². The van der Waals surface area contributed by atoms with E-state index in [1.54, 1.807) is 13.1 Å². The van der Waals surface area contributed by atoms with Crippen LogP contribution in [0.25, 0.3) is 17.2 Å². The summed E-state index contributed by atoms with van der Waals surface area (Å²) in [6, 6.07) is 15.4. The van der Waals surface area contributed by atoms with Crippen molar-refractivity contribution in [2.24, 2.45) is 5.73 Å². The molecule has 0 saturated carbocycles. The summed E-state index contributed by atoms with van der Waals surface area (Å²) in [5.41, 5.74) is 8.84. The summed E-state index contributed by atoms with van der Waals surface area (Å²) < 4.78 is 7.45. The highest BCUT2D eigenvalue weighted by Gasteiger charge is 2.15. The van der Waals surface area contributed by atoms with Gasteiger partial charge in [-0.15, -0.1) is 0 Å². The number of ether oxygens (including phenoxy) is 1. The van der Waals surface area contributed by atoms with Crippen LogP contribution in [0.1, 0.15) is 36.9 Å². The zero-order chi connectivity index (χ0) is 22.9. The van der Waals surface area contributed by atoms with Crippen molar-refractivity contribution in [1.82, 2.24) is 9.55 Å². The molecule has 1 unspecified atom stereocenters. The molecular weight excluding hydrogens is 406 g/mol. The lowest BCUT2D eigenvalue weighted by atomic mass is 10.0. The summed E-state index contributed by atoms with van der Waals surface area (Å²) in [4.78, 5) is 4.22. The number of rotatable bonds is 11. The fraction of sp³-hybridized carbons (Fsp3) is 0.320. The average Bonchev–Trinajstić information content (AvgIpc) is 3.31. The van der Waals surface area contributed by atoms with Gasteiger partial charge in [-0.25, -0.2) is 4.98 Å². The van der Waals surface area contributed by atoms with Gasteiger partial charge in [0.1, 0.15) is 24.3 Å². The number of aromatic nitrogens is 2. The Morgan fingerprint density at radius 3 is 2.31 bits per heavy atom. The normalized spacial score (nSPS) is 14.4. The largest absolute Gasteiger partial charge is 0.492 e. The van der Waals surface area contributed by atoms with Gasteiger partial charge < -0.3 is 30.4 Å².